The lowest BCUT2D eigenvalue weighted by Crippen LogP contribution is -1.92. The van der Waals surface area contributed by atoms with Crippen molar-refractivity contribution in [2.24, 2.45) is 0 Å². The maximum atomic E-state index is 5.92. The minimum Gasteiger partial charge on any atom is -0.455 e. The lowest BCUT2D eigenvalue weighted by molar-refractivity contribution is 0.485. The average molecular weight is 249 g/mol. The molecule has 94 valence electrons. The molecule has 2 nitrogen and oxygen atoms in total. The van der Waals surface area contributed by atoms with Gasteiger partial charge in [-0.15, -0.1) is 0 Å². The molecule has 0 spiro atoms. The molecule has 0 heterocycles. The first-order valence-electron chi connectivity index (χ1n) is 6.25. The van der Waals surface area contributed by atoms with Crippen LogP contribution in [0.5, 0.6) is 11.5 Å². The molecule has 0 aliphatic heterocycles. The quantitative estimate of drug-likeness (QED) is 0.677. The van der Waals surface area contributed by atoms with E-state index in [-0.39, 0.29) is 0 Å². The van der Waals surface area contributed by atoms with Crippen molar-refractivity contribution in [3.05, 3.63) is 66.2 Å². The number of anilines is 1. The molecule has 2 N–H and O–H groups in total. The highest BCUT2D eigenvalue weighted by atomic mass is 16.5. The SMILES string of the molecule is Cc1ccc(N)c(Oc2ccc3ccccc3c2)c1. The van der Waals surface area contributed by atoms with Crippen molar-refractivity contribution >= 4 is 16.5 Å². The van der Waals surface area contributed by atoms with E-state index in [1.807, 2.05) is 49.4 Å². The number of nitrogens with two attached hydrogens (primary N) is 1. The highest BCUT2D eigenvalue weighted by Gasteiger charge is 2.03. The second-order valence-electron chi connectivity index (χ2n) is 4.65. The molecule has 0 unspecified atom stereocenters. The van der Waals surface area contributed by atoms with Crippen molar-refractivity contribution in [1.29, 1.82) is 0 Å². The fraction of sp³-hybridized carbons (Fsp3) is 0.0588. The van der Waals surface area contributed by atoms with Crippen LogP contribution in [0.2, 0.25) is 0 Å². The molecule has 0 amide bonds. The van der Waals surface area contributed by atoms with E-state index in [1.54, 1.807) is 0 Å². The van der Waals surface area contributed by atoms with Crippen LogP contribution in [-0.2, 0) is 0 Å². The summed E-state index contributed by atoms with van der Waals surface area (Å²) in [7, 11) is 0. The molecule has 3 rings (SSSR count). The van der Waals surface area contributed by atoms with Gasteiger partial charge < -0.3 is 10.5 Å². The van der Waals surface area contributed by atoms with Crippen LogP contribution in [-0.4, -0.2) is 0 Å². The van der Waals surface area contributed by atoms with Gasteiger partial charge >= 0.3 is 0 Å². The molecule has 0 bridgehead atoms. The maximum Gasteiger partial charge on any atom is 0.150 e. The summed E-state index contributed by atoms with van der Waals surface area (Å²) in [4.78, 5) is 0. The Morgan fingerprint density at radius 2 is 1.63 bits per heavy atom. The summed E-state index contributed by atoms with van der Waals surface area (Å²) in [5, 5.41) is 2.36. The highest BCUT2D eigenvalue weighted by Crippen LogP contribution is 2.30. The van der Waals surface area contributed by atoms with Crippen molar-refractivity contribution in [2.45, 2.75) is 6.92 Å². The van der Waals surface area contributed by atoms with Crippen LogP contribution in [0.3, 0.4) is 0 Å². The van der Waals surface area contributed by atoms with E-state index in [4.69, 9.17) is 10.5 Å². The van der Waals surface area contributed by atoms with Crippen molar-refractivity contribution in [3.63, 3.8) is 0 Å². The van der Waals surface area contributed by atoms with Crippen LogP contribution in [0.4, 0.5) is 5.69 Å². The lowest BCUT2D eigenvalue weighted by atomic mass is 10.1. The van der Waals surface area contributed by atoms with E-state index in [9.17, 15) is 0 Å². The van der Waals surface area contributed by atoms with Crippen LogP contribution >= 0.6 is 0 Å². The third kappa shape index (κ3) is 2.38. The Bertz CT molecular complexity index is 734. The molecule has 0 aliphatic carbocycles. The molecule has 0 fully saturated rings. The van der Waals surface area contributed by atoms with Crippen LogP contribution in [0, 0.1) is 6.92 Å². The second-order valence-corrected chi connectivity index (χ2v) is 4.65. The molecule has 3 aromatic carbocycles. The largest absolute Gasteiger partial charge is 0.455 e. The van der Waals surface area contributed by atoms with Gasteiger partial charge in [-0.05, 0) is 47.5 Å². The molecular weight excluding hydrogens is 234 g/mol. The van der Waals surface area contributed by atoms with E-state index < -0.39 is 0 Å². The summed E-state index contributed by atoms with van der Waals surface area (Å²) in [5.74, 6) is 1.51. The number of rotatable bonds is 2. The Hall–Kier alpha value is -2.48. The van der Waals surface area contributed by atoms with Crippen molar-refractivity contribution in [2.75, 3.05) is 5.73 Å². The normalized spacial score (nSPS) is 10.6. The highest BCUT2D eigenvalue weighted by molar-refractivity contribution is 5.83. The zero-order chi connectivity index (χ0) is 13.2. The number of aryl methyl sites for hydroxylation is 1. The van der Waals surface area contributed by atoms with Gasteiger partial charge in [0.1, 0.15) is 5.75 Å². The van der Waals surface area contributed by atoms with E-state index in [1.165, 1.54) is 5.39 Å². The topological polar surface area (TPSA) is 35.2 Å². The Labute approximate surface area is 112 Å². The van der Waals surface area contributed by atoms with E-state index in [0.717, 1.165) is 16.7 Å². The van der Waals surface area contributed by atoms with E-state index in [2.05, 4.69) is 18.2 Å². The fourth-order valence-corrected chi connectivity index (χ4v) is 2.09. The van der Waals surface area contributed by atoms with E-state index >= 15 is 0 Å². The standard InChI is InChI=1S/C17H15NO/c1-12-6-9-16(18)17(10-12)19-15-8-7-13-4-2-3-5-14(13)11-15/h2-11H,18H2,1H3. The van der Waals surface area contributed by atoms with Gasteiger partial charge in [0.25, 0.3) is 0 Å². The molecule has 19 heavy (non-hydrogen) atoms. The van der Waals surface area contributed by atoms with Crippen molar-refractivity contribution in [3.8, 4) is 11.5 Å². The van der Waals surface area contributed by atoms with Gasteiger partial charge in [-0.25, -0.2) is 0 Å². The first-order chi connectivity index (χ1) is 9.22. The number of hydrogen-bond donors (Lipinski definition) is 1. The van der Waals surface area contributed by atoms with Crippen LogP contribution < -0.4 is 10.5 Å². The summed E-state index contributed by atoms with van der Waals surface area (Å²) in [5.41, 5.74) is 7.71. The number of fused-ring (bicyclic) bond motifs is 1. The van der Waals surface area contributed by atoms with Crippen LogP contribution in [0.25, 0.3) is 10.8 Å². The predicted molar refractivity (Wildman–Crippen MR) is 79.6 cm³/mol. The van der Waals surface area contributed by atoms with Gasteiger partial charge in [-0.2, -0.15) is 0 Å². The molecule has 0 aliphatic rings. The second kappa shape index (κ2) is 4.65. The summed E-state index contributed by atoms with van der Waals surface area (Å²) in [6, 6.07) is 20.0. The third-order valence-electron chi connectivity index (χ3n) is 3.12. The smallest absolute Gasteiger partial charge is 0.150 e. The minimum atomic E-state index is 0.652. The summed E-state index contributed by atoms with van der Waals surface area (Å²) >= 11 is 0. The molecule has 0 aromatic heterocycles. The Morgan fingerprint density at radius 1 is 0.842 bits per heavy atom. The molecule has 3 aromatic rings. The van der Waals surface area contributed by atoms with Crippen LogP contribution in [0.1, 0.15) is 5.56 Å². The van der Waals surface area contributed by atoms with Crippen molar-refractivity contribution in [1.82, 2.24) is 0 Å². The molecule has 0 radical (unpaired) electrons. The number of hydrogen-bond acceptors (Lipinski definition) is 2. The van der Waals surface area contributed by atoms with Gasteiger partial charge in [0.15, 0.2) is 5.75 Å². The molecule has 0 saturated carbocycles. The molecular formula is C17H15NO. The first kappa shape index (κ1) is 11.6. The zero-order valence-corrected chi connectivity index (χ0v) is 10.8. The van der Waals surface area contributed by atoms with Gasteiger partial charge in [-0.3, -0.25) is 0 Å². The number of ether oxygens (including phenoxy) is 1. The molecule has 0 saturated heterocycles. The van der Waals surface area contributed by atoms with Gasteiger partial charge in [0.05, 0.1) is 5.69 Å². The van der Waals surface area contributed by atoms with Gasteiger partial charge in [0, 0.05) is 0 Å². The summed E-state index contributed by atoms with van der Waals surface area (Å²) in [6.07, 6.45) is 0. The Balaban J connectivity index is 1.98. The fourth-order valence-electron chi connectivity index (χ4n) is 2.09. The van der Waals surface area contributed by atoms with Crippen molar-refractivity contribution < 1.29 is 4.74 Å². The summed E-state index contributed by atoms with van der Waals surface area (Å²) < 4.78 is 5.87. The Kier molecular flexibility index (Phi) is 2.84. The summed E-state index contributed by atoms with van der Waals surface area (Å²) in [6.45, 7) is 2.02. The predicted octanol–water partition coefficient (Wildman–Crippen LogP) is 4.52. The number of benzene rings is 3. The average Bonchev–Trinajstić information content (AvgIpc) is 2.43. The zero-order valence-electron chi connectivity index (χ0n) is 10.8. The van der Waals surface area contributed by atoms with Gasteiger partial charge in [-0.1, -0.05) is 36.4 Å². The maximum absolute atomic E-state index is 5.92. The first-order valence-corrected chi connectivity index (χ1v) is 6.25. The van der Waals surface area contributed by atoms with Crippen LogP contribution in [0.15, 0.2) is 60.7 Å². The molecule has 2 heteroatoms. The monoisotopic (exact) mass is 249 g/mol. The number of nitrogen functional groups attached to an aromatic ring is 1. The lowest BCUT2D eigenvalue weighted by Gasteiger charge is -2.10. The van der Waals surface area contributed by atoms with Gasteiger partial charge in [0.2, 0.25) is 0 Å². The molecule has 0 atom stereocenters. The Morgan fingerprint density at radius 3 is 2.47 bits per heavy atom. The third-order valence-corrected chi connectivity index (χ3v) is 3.12. The minimum absolute atomic E-state index is 0.652. The van der Waals surface area contributed by atoms with E-state index in [0.29, 0.717) is 11.4 Å².